The van der Waals surface area contributed by atoms with Crippen LogP contribution in [0.1, 0.15) is 28.4 Å². The molecule has 7 nitrogen and oxygen atoms in total. The lowest BCUT2D eigenvalue weighted by Gasteiger charge is -2.09. The molecule has 1 atom stereocenters. The fourth-order valence-electron chi connectivity index (χ4n) is 1.56. The lowest BCUT2D eigenvalue weighted by atomic mass is 9.99. The summed E-state index contributed by atoms with van der Waals surface area (Å²) in [5, 5.41) is 29.5. The number of hydrogen-bond donors (Lipinski definition) is 2. The number of Topliss-reactive ketones (excluding diaryl/α,β-unsaturated/α-hetero) is 1. The van der Waals surface area contributed by atoms with Gasteiger partial charge in [-0.25, -0.2) is 4.79 Å². The van der Waals surface area contributed by atoms with E-state index in [0.717, 1.165) is 6.07 Å². The molecule has 1 aromatic carbocycles. The van der Waals surface area contributed by atoms with E-state index in [4.69, 9.17) is 5.11 Å². The number of nitro groups is 1. The van der Waals surface area contributed by atoms with Crippen molar-refractivity contribution < 1.29 is 24.7 Å². The number of aliphatic hydroxyl groups excluding tert-OH is 1. The third-order valence-corrected chi connectivity index (χ3v) is 2.80. The first-order valence-electron chi connectivity index (χ1n) is 5.17. The lowest BCUT2D eigenvalue weighted by molar-refractivity contribution is -0.386. The molecule has 0 bridgehead atoms. The molecule has 0 aliphatic rings. The van der Waals surface area contributed by atoms with Crippen LogP contribution in [0.2, 0.25) is 0 Å². The summed E-state index contributed by atoms with van der Waals surface area (Å²) in [6.07, 6.45) is -2.01. The van der Waals surface area contributed by atoms with Crippen LogP contribution in [0.4, 0.5) is 5.69 Å². The Labute approximate surface area is 116 Å². The quantitative estimate of drug-likeness (QED) is 0.354. The highest BCUT2D eigenvalue weighted by atomic mass is 79.9. The van der Waals surface area contributed by atoms with Crippen LogP contribution in [0.25, 0.3) is 0 Å². The molecule has 0 aromatic heterocycles. The van der Waals surface area contributed by atoms with Crippen molar-refractivity contribution in [3.8, 4) is 0 Å². The minimum Gasteiger partial charge on any atom is -0.479 e. The molecule has 0 saturated heterocycles. The number of carboxylic acid groups (broad SMARTS) is 1. The van der Waals surface area contributed by atoms with Crippen LogP contribution in [0.15, 0.2) is 18.2 Å². The lowest BCUT2D eigenvalue weighted by Crippen LogP contribution is -2.15. The van der Waals surface area contributed by atoms with E-state index in [0.29, 0.717) is 5.33 Å². The Morgan fingerprint density at radius 3 is 2.53 bits per heavy atom. The number of rotatable bonds is 6. The zero-order valence-electron chi connectivity index (χ0n) is 9.58. The summed E-state index contributed by atoms with van der Waals surface area (Å²) in [4.78, 5) is 32.6. The van der Waals surface area contributed by atoms with Gasteiger partial charge in [-0.05, 0) is 12.1 Å². The van der Waals surface area contributed by atoms with Crippen molar-refractivity contribution in [2.45, 2.75) is 12.5 Å². The highest BCUT2D eigenvalue weighted by Gasteiger charge is 2.30. The maximum Gasteiger partial charge on any atom is 0.337 e. The number of halogens is 1. The van der Waals surface area contributed by atoms with Crippen LogP contribution in [-0.4, -0.2) is 32.2 Å². The van der Waals surface area contributed by atoms with Crippen molar-refractivity contribution >= 4 is 33.4 Å². The number of alkyl halides is 1. The number of aliphatic hydroxyl groups is 1. The molecule has 19 heavy (non-hydrogen) atoms. The smallest absolute Gasteiger partial charge is 0.337 e. The third kappa shape index (κ3) is 3.36. The zero-order chi connectivity index (χ0) is 14.6. The van der Waals surface area contributed by atoms with Crippen molar-refractivity contribution in [3.63, 3.8) is 0 Å². The first-order valence-corrected chi connectivity index (χ1v) is 6.29. The van der Waals surface area contributed by atoms with Gasteiger partial charge in [-0.1, -0.05) is 22.0 Å². The van der Waals surface area contributed by atoms with E-state index in [2.05, 4.69) is 15.9 Å². The molecule has 1 unspecified atom stereocenters. The van der Waals surface area contributed by atoms with Crippen molar-refractivity contribution in [1.82, 2.24) is 0 Å². The van der Waals surface area contributed by atoms with Crippen LogP contribution in [-0.2, 0) is 4.79 Å². The Bertz CT molecular complexity index is 530. The molecular formula is C11H10BrNO6. The molecule has 8 heteroatoms. The number of nitro benzene ring substituents is 1. The van der Waals surface area contributed by atoms with Crippen molar-refractivity contribution in [2.24, 2.45) is 0 Å². The summed E-state index contributed by atoms with van der Waals surface area (Å²) in [6, 6.07) is 3.65. The molecule has 0 fully saturated rings. The summed E-state index contributed by atoms with van der Waals surface area (Å²) in [5.41, 5.74) is -1.27. The van der Waals surface area contributed by atoms with Crippen molar-refractivity contribution in [1.29, 1.82) is 0 Å². The molecule has 0 aliphatic heterocycles. The Morgan fingerprint density at radius 1 is 1.42 bits per heavy atom. The van der Waals surface area contributed by atoms with Gasteiger partial charge in [0.15, 0.2) is 11.9 Å². The molecule has 1 aromatic rings. The van der Waals surface area contributed by atoms with Crippen LogP contribution in [0.3, 0.4) is 0 Å². The number of hydrogen-bond acceptors (Lipinski definition) is 5. The second-order valence-corrected chi connectivity index (χ2v) is 4.40. The largest absolute Gasteiger partial charge is 0.479 e. The molecule has 0 amide bonds. The predicted octanol–water partition coefficient (Wildman–Crippen LogP) is 1.68. The van der Waals surface area contributed by atoms with Gasteiger partial charge in [-0.15, -0.1) is 0 Å². The monoisotopic (exact) mass is 331 g/mol. The van der Waals surface area contributed by atoms with Crippen molar-refractivity contribution in [3.05, 3.63) is 39.4 Å². The second-order valence-electron chi connectivity index (χ2n) is 3.60. The highest BCUT2D eigenvalue weighted by Crippen LogP contribution is 2.30. The topological polar surface area (TPSA) is 118 Å². The maximum atomic E-state index is 11.8. The van der Waals surface area contributed by atoms with E-state index in [1.807, 2.05) is 0 Å². The van der Waals surface area contributed by atoms with E-state index in [-0.39, 0.29) is 12.0 Å². The molecule has 2 N–H and O–H groups in total. The van der Waals surface area contributed by atoms with Gasteiger partial charge >= 0.3 is 5.97 Å². The van der Waals surface area contributed by atoms with Gasteiger partial charge < -0.3 is 10.2 Å². The third-order valence-electron chi connectivity index (χ3n) is 2.40. The summed E-state index contributed by atoms with van der Waals surface area (Å²) >= 11 is 3.05. The number of para-hydroxylation sites is 1. The standard InChI is InChI=1S/C11H10BrNO6/c12-5-4-8(14)6-2-1-3-7(9(6)13(18)19)10(15)11(16)17/h1-3,10,15H,4-5H2,(H,16,17). The first kappa shape index (κ1) is 15.3. The van der Waals surface area contributed by atoms with Crippen LogP contribution in [0.5, 0.6) is 0 Å². The number of carboxylic acids is 1. The zero-order valence-corrected chi connectivity index (χ0v) is 11.2. The summed E-state index contributed by atoms with van der Waals surface area (Å²) in [5.74, 6) is -2.11. The van der Waals surface area contributed by atoms with Crippen molar-refractivity contribution in [2.75, 3.05) is 5.33 Å². The summed E-state index contributed by atoms with van der Waals surface area (Å²) < 4.78 is 0. The normalized spacial score (nSPS) is 11.9. The molecule has 0 saturated carbocycles. The van der Waals surface area contributed by atoms with Gasteiger partial charge in [0.1, 0.15) is 0 Å². The van der Waals surface area contributed by atoms with E-state index in [9.17, 15) is 24.8 Å². The number of nitrogens with zero attached hydrogens (tertiary/aromatic N) is 1. The number of benzene rings is 1. The minimum atomic E-state index is -2.04. The Kier molecular flexibility index (Phi) is 5.13. The molecule has 0 radical (unpaired) electrons. The Hall–Kier alpha value is -1.80. The Balaban J connectivity index is 3.42. The molecule has 102 valence electrons. The van der Waals surface area contributed by atoms with Gasteiger partial charge in [0.05, 0.1) is 16.1 Å². The molecule has 0 heterocycles. The van der Waals surface area contributed by atoms with E-state index >= 15 is 0 Å². The average molecular weight is 332 g/mol. The van der Waals surface area contributed by atoms with E-state index in [1.54, 1.807) is 0 Å². The molecule has 0 aliphatic carbocycles. The molecular weight excluding hydrogens is 322 g/mol. The summed E-state index contributed by atoms with van der Waals surface area (Å²) in [6.45, 7) is 0. The molecule has 0 spiro atoms. The van der Waals surface area contributed by atoms with Gasteiger partial charge in [0.25, 0.3) is 5.69 Å². The SMILES string of the molecule is O=C(CCBr)c1cccc(C(O)C(=O)O)c1[N+](=O)[O-]. The highest BCUT2D eigenvalue weighted by molar-refractivity contribution is 9.09. The van der Waals surface area contributed by atoms with E-state index in [1.165, 1.54) is 12.1 Å². The fourth-order valence-corrected chi connectivity index (χ4v) is 1.92. The van der Waals surface area contributed by atoms with Gasteiger partial charge in [0, 0.05) is 11.8 Å². The fraction of sp³-hybridized carbons (Fsp3) is 0.273. The summed E-state index contributed by atoms with van der Waals surface area (Å²) in [7, 11) is 0. The second kappa shape index (κ2) is 6.39. The number of aliphatic carboxylic acids is 1. The van der Waals surface area contributed by atoms with Gasteiger partial charge in [-0.3, -0.25) is 14.9 Å². The van der Waals surface area contributed by atoms with Gasteiger partial charge in [-0.2, -0.15) is 0 Å². The minimum absolute atomic E-state index is 0.0352. The van der Waals surface area contributed by atoms with Crippen LogP contribution >= 0.6 is 15.9 Å². The van der Waals surface area contributed by atoms with Crippen LogP contribution in [0, 0.1) is 10.1 Å². The average Bonchev–Trinajstić information content (AvgIpc) is 2.36. The maximum absolute atomic E-state index is 11.8. The molecule has 1 rings (SSSR count). The van der Waals surface area contributed by atoms with E-state index < -0.39 is 34.0 Å². The number of ketones is 1. The Morgan fingerprint density at radius 2 is 2.05 bits per heavy atom. The predicted molar refractivity (Wildman–Crippen MR) is 68.4 cm³/mol. The first-order chi connectivity index (χ1) is 8.90. The number of carbonyl (C=O) groups is 2. The number of carbonyl (C=O) groups excluding carboxylic acids is 1. The van der Waals surface area contributed by atoms with Gasteiger partial charge in [0.2, 0.25) is 0 Å². The van der Waals surface area contributed by atoms with Crippen LogP contribution < -0.4 is 0 Å².